The molecule has 5 aromatic rings. The number of hydrogen-bond acceptors (Lipinski definition) is 9. The van der Waals surface area contributed by atoms with Crippen LogP contribution in [0, 0.1) is 11.8 Å². The monoisotopic (exact) mass is 836 g/mol. The molecular weight excluding hydrogens is 785 g/mol. The van der Waals surface area contributed by atoms with E-state index < -0.39 is 18.2 Å². The van der Waals surface area contributed by atoms with Gasteiger partial charge in [-0.1, -0.05) is 84.9 Å². The highest BCUT2D eigenvalue weighted by molar-refractivity contribution is 5.88. The average molecular weight is 837 g/mol. The van der Waals surface area contributed by atoms with Crippen molar-refractivity contribution in [3.63, 3.8) is 0 Å². The first-order valence-corrected chi connectivity index (χ1v) is 21.9. The van der Waals surface area contributed by atoms with Crippen molar-refractivity contribution in [1.29, 1.82) is 0 Å². The predicted molar refractivity (Wildman–Crippen MR) is 229 cm³/mol. The third-order valence-electron chi connectivity index (χ3n) is 13.9. The normalized spacial score (nSPS) is 27.0. The van der Waals surface area contributed by atoms with Crippen LogP contribution in [-0.4, -0.2) is 80.3 Å². The average Bonchev–Trinajstić information content (AvgIpc) is 3.90. The number of alkyl carbamates (subject to hydrolysis) is 1. The number of carbonyl (C=O) groups excluding carboxylic acids is 3. The Balaban J connectivity index is 0.772. The van der Waals surface area contributed by atoms with Gasteiger partial charge in [0.15, 0.2) is 6.04 Å². The van der Waals surface area contributed by atoms with Crippen molar-refractivity contribution in [1.82, 2.24) is 35.1 Å². The Labute approximate surface area is 360 Å². The molecule has 2 aliphatic heterocycles. The van der Waals surface area contributed by atoms with Gasteiger partial charge in [-0.2, -0.15) is 4.89 Å². The Hall–Kier alpha value is -6.28. The lowest BCUT2D eigenvalue weighted by molar-refractivity contribution is -0.188. The number of methoxy groups -OCH3 is 1. The maximum Gasteiger partial charge on any atom is 0.407 e. The summed E-state index contributed by atoms with van der Waals surface area (Å²) in [6, 6.07) is 26.2. The minimum Gasteiger partial charge on any atom is -0.453 e. The number of H-pyrrole nitrogens is 2. The van der Waals surface area contributed by atoms with E-state index in [-0.39, 0.29) is 36.0 Å². The van der Waals surface area contributed by atoms with Crippen LogP contribution in [-0.2, 0) is 24.1 Å². The minimum atomic E-state index is -0.839. The molecule has 8 atom stereocenters. The van der Waals surface area contributed by atoms with Crippen LogP contribution in [0.5, 0.6) is 0 Å². The van der Waals surface area contributed by atoms with E-state index in [9.17, 15) is 14.4 Å². The Morgan fingerprint density at radius 2 is 1.32 bits per heavy atom. The number of hydrogen-bond donors (Lipinski definition) is 3. The van der Waals surface area contributed by atoms with Gasteiger partial charge in [-0.3, -0.25) is 9.59 Å². The van der Waals surface area contributed by atoms with Crippen LogP contribution in [0.2, 0.25) is 0 Å². The van der Waals surface area contributed by atoms with Crippen LogP contribution in [0.3, 0.4) is 0 Å². The first-order valence-electron chi connectivity index (χ1n) is 21.9. The molecule has 14 nitrogen and oxygen atoms in total. The molecule has 2 saturated heterocycles. The molecule has 3 amide bonds. The molecule has 62 heavy (non-hydrogen) atoms. The van der Waals surface area contributed by atoms with E-state index in [1.54, 1.807) is 0 Å². The number of rotatable bonds is 13. The molecule has 2 aromatic heterocycles. The fourth-order valence-corrected chi connectivity index (χ4v) is 10.5. The number of imidazole rings is 2. The zero-order valence-electron chi connectivity index (χ0n) is 34.9. The van der Waals surface area contributed by atoms with Crippen molar-refractivity contribution in [3.05, 3.63) is 131 Å². The summed E-state index contributed by atoms with van der Waals surface area (Å²) in [5.41, 5.74) is 5.97. The standard InChI is InChI=1S/C48H52N8O6/c1-60-48(59)54-43(33-11-7-4-8-12-33)47(58)56-39-22-35(39)24-41(56)45-50-26-37(53-45)31-19-15-29(16-20-31)28-13-17-30(18-14-28)36-25-49-44(52-36)40-23-34-21-38(34)55(40)46(57)42(51-27-62-61-2)32-9-5-3-6-10-32/h3-14,17-18,25-27,29,31,34-35,38-43H,15-16,19-24H2,1-2H3,(H,49,52)(H,50,53)(H,54,59)/b51-27-/t29-,31-,34-,35-,38-,39-,40-,41-,42+,43+/m0/s1. The van der Waals surface area contributed by atoms with Gasteiger partial charge in [-0.25, -0.2) is 19.8 Å². The first kappa shape index (κ1) is 39.8. The number of amides is 3. The van der Waals surface area contributed by atoms with Gasteiger partial charge in [0.25, 0.3) is 11.8 Å². The van der Waals surface area contributed by atoms with Crippen molar-refractivity contribution >= 4 is 24.3 Å². The summed E-state index contributed by atoms with van der Waals surface area (Å²) in [4.78, 5) is 75.6. The summed E-state index contributed by atoms with van der Waals surface area (Å²) >= 11 is 0. The first-order chi connectivity index (χ1) is 30.4. The number of nitrogens with zero attached hydrogens (tertiary/aromatic N) is 5. The summed E-state index contributed by atoms with van der Waals surface area (Å²) in [5.74, 6) is 3.17. The lowest BCUT2D eigenvalue weighted by Gasteiger charge is -2.31. The van der Waals surface area contributed by atoms with Crippen molar-refractivity contribution in [2.24, 2.45) is 16.8 Å². The highest BCUT2D eigenvalue weighted by Crippen LogP contribution is 2.55. The minimum absolute atomic E-state index is 0.0699. The van der Waals surface area contributed by atoms with Crippen LogP contribution in [0.4, 0.5) is 4.79 Å². The van der Waals surface area contributed by atoms with Crippen LogP contribution in [0.1, 0.15) is 121 Å². The van der Waals surface area contributed by atoms with Gasteiger partial charge in [-0.05, 0) is 91.4 Å². The van der Waals surface area contributed by atoms with Gasteiger partial charge in [0.05, 0.1) is 38.2 Å². The summed E-state index contributed by atoms with van der Waals surface area (Å²) in [7, 11) is 2.71. The predicted octanol–water partition coefficient (Wildman–Crippen LogP) is 8.01. The van der Waals surface area contributed by atoms with Crippen molar-refractivity contribution in [2.45, 2.75) is 99.5 Å². The number of piperidine rings is 2. The summed E-state index contributed by atoms with van der Waals surface area (Å²) in [5, 5.41) is 2.78. The second-order valence-electron chi connectivity index (χ2n) is 17.5. The quantitative estimate of drug-likeness (QED) is 0.0464. The third kappa shape index (κ3) is 7.76. The molecule has 4 heterocycles. The van der Waals surface area contributed by atoms with E-state index in [2.05, 4.69) is 44.5 Å². The zero-order valence-corrected chi connectivity index (χ0v) is 34.9. The molecule has 10 rings (SSSR count). The SMILES string of the molecule is COO/C=N\[C@@H](C(=O)N1[C@H](c2ncc(-c3ccc([C@H]4CC[C@H](c5cnc([C@@H]6C[C@@H]7C[C@@H]7N6C(=O)[C@H](NC(=O)OC)c6ccccc6)[nH]5)CC4)cc3)[nH]2)C[C@@H]2C[C@@H]21)c1ccccc1. The molecule has 0 bridgehead atoms. The van der Waals surface area contributed by atoms with Crippen LogP contribution in [0.15, 0.2) is 102 Å². The fourth-order valence-electron chi connectivity index (χ4n) is 10.5. The molecule has 3 saturated carbocycles. The van der Waals surface area contributed by atoms with Gasteiger partial charge in [0, 0.05) is 29.9 Å². The number of likely N-dealkylation sites (tertiary alicyclic amines) is 2. The zero-order chi connectivity index (χ0) is 42.3. The highest BCUT2D eigenvalue weighted by atomic mass is 17.2. The van der Waals surface area contributed by atoms with Gasteiger partial charge in [0.2, 0.25) is 6.40 Å². The second-order valence-corrected chi connectivity index (χ2v) is 17.5. The molecule has 320 valence electrons. The Morgan fingerprint density at radius 1 is 0.726 bits per heavy atom. The third-order valence-corrected chi connectivity index (χ3v) is 13.9. The maximum absolute atomic E-state index is 14.2. The van der Waals surface area contributed by atoms with Gasteiger partial charge >= 0.3 is 6.09 Å². The van der Waals surface area contributed by atoms with E-state index >= 15 is 0 Å². The summed E-state index contributed by atoms with van der Waals surface area (Å²) < 4.78 is 4.89. The summed E-state index contributed by atoms with van der Waals surface area (Å²) in [6.07, 6.45) is 12.3. The molecule has 3 N–H and O–H groups in total. The molecule has 3 aliphatic carbocycles. The lowest BCUT2D eigenvalue weighted by atomic mass is 9.77. The van der Waals surface area contributed by atoms with Gasteiger partial charge in [0.1, 0.15) is 17.7 Å². The van der Waals surface area contributed by atoms with E-state index in [0.717, 1.165) is 91.1 Å². The Morgan fingerprint density at radius 3 is 1.97 bits per heavy atom. The van der Waals surface area contributed by atoms with E-state index in [1.807, 2.05) is 82.9 Å². The van der Waals surface area contributed by atoms with E-state index in [4.69, 9.17) is 24.5 Å². The van der Waals surface area contributed by atoms with Crippen LogP contribution in [0.25, 0.3) is 11.3 Å². The number of benzene rings is 3. The molecule has 0 radical (unpaired) electrons. The molecule has 5 aliphatic rings. The summed E-state index contributed by atoms with van der Waals surface area (Å²) in [6.45, 7) is 0. The van der Waals surface area contributed by atoms with E-state index in [1.165, 1.54) is 26.2 Å². The number of aliphatic imine (C=N–C) groups is 1. The Bertz CT molecular complexity index is 2410. The topological polar surface area (TPSA) is 167 Å². The van der Waals surface area contributed by atoms with Gasteiger partial charge < -0.3 is 34.7 Å². The molecule has 5 fully saturated rings. The number of fused-ring (bicyclic) bond motifs is 2. The van der Waals surface area contributed by atoms with E-state index in [0.29, 0.717) is 23.7 Å². The van der Waals surface area contributed by atoms with Crippen molar-refractivity contribution in [2.75, 3.05) is 14.2 Å². The molecule has 3 aromatic carbocycles. The Kier molecular flexibility index (Phi) is 10.8. The smallest absolute Gasteiger partial charge is 0.407 e. The number of carbonyl (C=O) groups is 3. The van der Waals surface area contributed by atoms with Crippen molar-refractivity contribution in [3.8, 4) is 11.3 Å². The maximum atomic E-state index is 14.2. The molecule has 0 unspecified atom stereocenters. The number of nitrogens with one attached hydrogen (secondary N) is 3. The second kappa shape index (κ2) is 16.9. The number of aromatic nitrogens is 4. The fraction of sp³-hybridized carbons (Fsp3) is 0.417. The number of ether oxygens (including phenoxy) is 1. The molecule has 14 heteroatoms. The lowest BCUT2D eigenvalue weighted by Crippen LogP contribution is -2.44. The van der Waals surface area contributed by atoms with Crippen LogP contribution >= 0.6 is 0 Å². The highest BCUT2D eigenvalue weighted by Gasteiger charge is 2.57. The largest absolute Gasteiger partial charge is 0.453 e. The van der Waals surface area contributed by atoms with Crippen LogP contribution < -0.4 is 5.32 Å². The number of aromatic amines is 2. The van der Waals surface area contributed by atoms with Gasteiger partial charge in [-0.15, -0.1) is 0 Å². The van der Waals surface area contributed by atoms with Crippen molar-refractivity contribution < 1.29 is 28.9 Å². The molecule has 0 spiro atoms. The molecular formula is C48H52N8O6.